The standard InChI is InChI=1S/C58H93N15O15/c1-10-31(8)46(71-55(85)45(60)30(6)7)56(86)73-22-14-18-42(73)54(84)70-40(25-33-27-64-35-16-12-11-15-34(33)35)51(81)69-41(26-43(59)75)52(82)68-38(23-28(2)3)50(80)66-37(19-20-44(76)77)49(79)65-36(17-13-21-63-58(61)62)48(78)67-39(24-29(4)5)53(83)72-47(32(9)74)57(87)88/h11-12,15-16,27-32,36-42,45-47,64,74H,10,13-14,17-26,60H2,1-9H3,(H2,59,75)(H,65,79)(H,66,80)(H,67,78)(H,68,82)(H,69,81)(H,70,84)(H,71,85)(H,72,83)(H,76,77)(H,87,88)(H4,61,62,63)/t31-,32+,36-,37-,38-,39-,40-,41-,42-,45-,46-,47-/m0/s1. The van der Waals surface area contributed by atoms with E-state index in [1.54, 1.807) is 78.9 Å². The first kappa shape index (κ1) is 73.8. The topological polar surface area (TPSA) is 497 Å². The zero-order chi connectivity index (χ0) is 66.3. The highest BCUT2D eigenvalue weighted by Crippen LogP contribution is 2.24. The van der Waals surface area contributed by atoms with Crippen molar-refractivity contribution >= 4 is 87.9 Å². The number of hydrogen-bond acceptors (Lipinski definition) is 15. The van der Waals surface area contributed by atoms with Gasteiger partial charge in [-0.3, -0.25) is 57.7 Å². The summed E-state index contributed by atoms with van der Waals surface area (Å²) >= 11 is 0. The Bertz CT molecular complexity index is 2800. The number of carboxylic acids is 2. The summed E-state index contributed by atoms with van der Waals surface area (Å²) in [7, 11) is 0. The van der Waals surface area contributed by atoms with Gasteiger partial charge in [0.25, 0.3) is 0 Å². The summed E-state index contributed by atoms with van der Waals surface area (Å²) in [5.41, 5.74) is 24.0. The van der Waals surface area contributed by atoms with Crippen LogP contribution in [-0.2, 0) is 64.0 Å². The zero-order valence-electron chi connectivity index (χ0n) is 51.7. The van der Waals surface area contributed by atoms with Crippen molar-refractivity contribution in [2.75, 3.05) is 13.1 Å². The van der Waals surface area contributed by atoms with Crippen LogP contribution in [0.5, 0.6) is 0 Å². The molecule has 3 rings (SSSR count). The number of aliphatic hydroxyl groups is 1. The van der Waals surface area contributed by atoms with E-state index in [0.29, 0.717) is 29.3 Å². The van der Waals surface area contributed by atoms with E-state index in [-0.39, 0.29) is 81.2 Å². The number of hydrogen-bond donors (Lipinski definition) is 16. The first-order chi connectivity index (χ1) is 41.3. The van der Waals surface area contributed by atoms with Crippen LogP contribution in [0.15, 0.2) is 35.5 Å². The Morgan fingerprint density at radius 3 is 1.69 bits per heavy atom. The van der Waals surface area contributed by atoms with Gasteiger partial charge in [-0.25, -0.2) is 4.79 Å². The van der Waals surface area contributed by atoms with Crippen LogP contribution >= 0.6 is 0 Å². The Morgan fingerprint density at radius 2 is 1.17 bits per heavy atom. The molecule has 88 heavy (non-hydrogen) atoms. The molecule has 0 bridgehead atoms. The number of aromatic nitrogens is 1. The van der Waals surface area contributed by atoms with Crippen molar-refractivity contribution in [3.8, 4) is 0 Å². The van der Waals surface area contributed by atoms with Crippen LogP contribution in [0.4, 0.5) is 0 Å². The lowest BCUT2D eigenvalue weighted by Gasteiger charge is -2.33. The van der Waals surface area contributed by atoms with Crippen LogP contribution in [0.1, 0.15) is 132 Å². The Balaban J connectivity index is 1.99. The molecule has 1 fully saturated rings. The molecule has 0 unspecified atom stereocenters. The smallest absolute Gasteiger partial charge is 0.328 e. The number of carbonyl (C=O) groups is 12. The van der Waals surface area contributed by atoms with E-state index in [9.17, 15) is 72.9 Å². The van der Waals surface area contributed by atoms with Gasteiger partial charge in [-0.05, 0) is 87.2 Å². The van der Waals surface area contributed by atoms with Crippen molar-refractivity contribution in [3.05, 3.63) is 36.0 Å². The lowest BCUT2D eigenvalue weighted by atomic mass is 9.96. The van der Waals surface area contributed by atoms with Crippen molar-refractivity contribution < 1.29 is 72.9 Å². The minimum atomic E-state index is -1.80. The quantitative estimate of drug-likeness (QED) is 0.0197. The molecule has 10 amide bonds. The van der Waals surface area contributed by atoms with Gasteiger partial charge < -0.3 is 90.7 Å². The average molecular weight is 1240 g/mol. The van der Waals surface area contributed by atoms with Crippen molar-refractivity contribution in [3.63, 3.8) is 0 Å². The van der Waals surface area contributed by atoms with E-state index < -0.39 is 157 Å². The molecule has 2 heterocycles. The summed E-state index contributed by atoms with van der Waals surface area (Å²) in [5.74, 6) is -13.5. The van der Waals surface area contributed by atoms with E-state index in [1.165, 1.54) is 4.90 Å². The molecule has 490 valence electrons. The number of H-pyrrole nitrogens is 1. The molecule has 1 saturated heterocycles. The van der Waals surface area contributed by atoms with Crippen LogP contribution < -0.4 is 65.5 Å². The number of nitrogens with zero attached hydrogens (tertiary/aromatic N) is 2. The Hall–Kier alpha value is -8.41. The number of amides is 10. The van der Waals surface area contributed by atoms with E-state index >= 15 is 0 Å². The second kappa shape index (κ2) is 35.4. The van der Waals surface area contributed by atoms with Gasteiger partial charge in [0.2, 0.25) is 59.1 Å². The molecule has 1 aromatic heterocycles. The summed E-state index contributed by atoms with van der Waals surface area (Å²) in [6, 6.07) is -7.16. The minimum absolute atomic E-state index is 0.0359. The van der Waals surface area contributed by atoms with E-state index in [2.05, 4.69) is 52.5 Å². The van der Waals surface area contributed by atoms with Crippen molar-refractivity contribution in [2.24, 2.45) is 51.6 Å². The number of aliphatic hydroxyl groups excluding tert-OH is 1. The van der Waals surface area contributed by atoms with Gasteiger partial charge in [-0.2, -0.15) is 0 Å². The minimum Gasteiger partial charge on any atom is -0.481 e. The highest BCUT2D eigenvalue weighted by atomic mass is 16.4. The van der Waals surface area contributed by atoms with E-state index in [4.69, 9.17) is 22.9 Å². The van der Waals surface area contributed by atoms with Crippen LogP contribution in [0.3, 0.4) is 0 Å². The van der Waals surface area contributed by atoms with Crippen LogP contribution in [0, 0.1) is 23.7 Å². The number of aliphatic imine (C=N–C) groups is 1. The number of guanidine groups is 1. The lowest BCUT2D eigenvalue weighted by Crippen LogP contribution is -2.61. The number of nitrogens with one attached hydrogen (secondary N) is 9. The lowest BCUT2D eigenvalue weighted by molar-refractivity contribution is -0.145. The molecule has 0 aliphatic carbocycles. The number of rotatable bonds is 37. The molecule has 12 atom stereocenters. The number of aliphatic carboxylic acids is 2. The number of carboxylic acid groups (broad SMARTS) is 2. The number of aromatic amines is 1. The fraction of sp³-hybridized carbons (Fsp3) is 0.638. The molecule has 1 aliphatic heterocycles. The normalized spacial score (nSPS) is 16.9. The molecular formula is C58H93N15O15. The number of primary amides is 1. The van der Waals surface area contributed by atoms with Gasteiger partial charge in [0, 0.05) is 43.0 Å². The molecule has 0 saturated carbocycles. The van der Waals surface area contributed by atoms with Gasteiger partial charge in [0.05, 0.1) is 18.6 Å². The Labute approximate surface area is 511 Å². The summed E-state index contributed by atoms with van der Waals surface area (Å²) < 4.78 is 0. The fourth-order valence-corrected chi connectivity index (χ4v) is 9.84. The first-order valence-electron chi connectivity index (χ1n) is 29.8. The Morgan fingerprint density at radius 1 is 0.659 bits per heavy atom. The molecule has 1 aliphatic rings. The van der Waals surface area contributed by atoms with Gasteiger partial charge in [0.1, 0.15) is 48.3 Å². The maximum absolute atomic E-state index is 14.7. The number of carbonyl (C=O) groups excluding carboxylic acids is 10. The summed E-state index contributed by atoms with van der Waals surface area (Å²) in [4.78, 5) is 172. The van der Waals surface area contributed by atoms with E-state index in [0.717, 1.165) is 6.92 Å². The second-order valence-electron chi connectivity index (χ2n) is 23.6. The predicted octanol–water partition coefficient (Wildman–Crippen LogP) is -2.04. The summed E-state index contributed by atoms with van der Waals surface area (Å²) in [5, 5.41) is 50.3. The van der Waals surface area contributed by atoms with Gasteiger partial charge in [-0.15, -0.1) is 0 Å². The average Bonchev–Trinajstić information content (AvgIpc) is 3.86. The molecule has 2 aromatic rings. The van der Waals surface area contributed by atoms with Gasteiger partial charge in [-0.1, -0.05) is 80.0 Å². The number of para-hydroxylation sites is 1. The number of nitrogens with two attached hydrogens (primary N) is 4. The van der Waals surface area contributed by atoms with Crippen molar-refractivity contribution in [1.82, 2.24) is 52.4 Å². The third kappa shape index (κ3) is 23.4. The third-order valence-electron chi connectivity index (χ3n) is 15.0. The SMILES string of the molecule is CC[C@H](C)[C@H](NC(=O)[C@@H](N)C(C)C)C(=O)N1CCC[C@H]1C(=O)N[C@@H](Cc1c[nH]c2ccccc12)C(=O)N[C@@H](CC(N)=O)C(=O)N[C@@H](CC(C)C)C(=O)N[C@@H](CCC(=O)O)C(=O)N[C@@H](CCCN=C(N)N)C(=O)N[C@@H](CC(C)C)C(=O)N[C@H](C(=O)O)[C@@H](C)O. The monoisotopic (exact) mass is 1240 g/mol. The molecule has 30 nitrogen and oxygen atoms in total. The van der Waals surface area contributed by atoms with Crippen LogP contribution in [-0.4, -0.2) is 182 Å². The molecule has 20 N–H and O–H groups in total. The van der Waals surface area contributed by atoms with E-state index in [1.807, 2.05) is 6.92 Å². The zero-order valence-corrected chi connectivity index (χ0v) is 51.7. The van der Waals surface area contributed by atoms with Crippen molar-refractivity contribution in [2.45, 2.75) is 199 Å². The largest absolute Gasteiger partial charge is 0.481 e. The molecule has 1 aromatic carbocycles. The molecule has 0 radical (unpaired) electrons. The van der Waals surface area contributed by atoms with Gasteiger partial charge >= 0.3 is 11.9 Å². The molecule has 30 heteroatoms. The second-order valence-corrected chi connectivity index (χ2v) is 23.6. The van der Waals surface area contributed by atoms with Gasteiger partial charge in [0.15, 0.2) is 12.0 Å². The fourth-order valence-electron chi connectivity index (χ4n) is 9.84. The maximum atomic E-state index is 14.7. The summed E-state index contributed by atoms with van der Waals surface area (Å²) in [6.07, 6.45) is -1.43. The first-order valence-corrected chi connectivity index (χ1v) is 29.8. The van der Waals surface area contributed by atoms with Crippen molar-refractivity contribution in [1.29, 1.82) is 0 Å². The van der Waals surface area contributed by atoms with Crippen LogP contribution in [0.2, 0.25) is 0 Å². The van der Waals surface area contributed by atoms with Crippen LogP contribution in [0.25, 0.3) is 10.9 Å². The third-order valence-corrected chi connectivity index (χ3v) is 15.0. The number of fused-ring (bicyclic) bond motifs is 1. The molecule has 0 spiro atoms. The maximum Gasteiger partial charge on any atom is 0.328 e. The highest BCUT2D eigenvalue weighted by Gasteiger charge is 2.42. The summed E-state index contributed by atoms with van der Waals surface area (Å²) in [6.45, 7) is 15.2. The highest BCUT2D eigenvalue weighted by molar-refractivity contribution is 6.00. The predicted molar refractivity (Wildman–Crippen MR) is 323 cm³/mol. The number of benzene rings is 1. The number of likely N-dealkylation sites (tertiary alicyclic amines) is 1. The Kier molecular flexibility index (Phi) is 29.7. The molecular weight excluding hydrogens is 1150 g/mol.